The number of hydrogen-bond donors (Lipinski definition) is 0. The second kappa shape index (κ2) is 5.65. The Balaban J connectivity index is 1.94. The molecule has 0 fully saturated rings. The van der Waals surface area contributed by atoms with E-state index < -0.39 is 11.6 Å². The molecular weight excluding hydrogens is 334 g/mol. The number of nitrogens with zero attached hydrogens (tertiary/aromatic N) is 4. The van der Waals surface area contributed by atoms with Crippen molar-refractivity contribution in [3.05, 3.63) is 71.8 Å². The third-order valence-electron chi connectivity index (χ3n) is 3.66. The molecule has 0 N–H and O–H groups in total. The van der Waals surface area contributed by atoms with Gasteiger partial charge < -0.3 is 0 Å². The molecule has 0 saturated carbocycles. The lowest BCUT2D eigenvalue weighted by molar-refractivity contribution is 0.585. The highest BCUT2D eigenvalue weighted by Crippen LogP contribution is 2.34. The van der Waals surface area contributed by atoms with Crippen LogP contribution < -0.4 is 0 Å². The third-order valence-corrected chi connectivity index (χ3v) is 3.95. The molecular formula is C17H9ClF2N4. The molecule has 0 radical (unpaired) electrons. The maximum atomic E-state index is 14.3. The van der Waals surface area contributed by atoms with Gasteiger partial charge in [-0.15, -0.1) is 0 Å². The van der Waals surface area contributed by atoms with Gasteiger partial charge in [-0.25, -0.2) is 18.3 Å². The Morgan fingerprint density at radius 1 is 0.958 bits per heavy atom. The van der Waals surface area contributed by atoms with Crippen molar-refractivity contribution in [2.75, 3.05) is 0 Å². The minimum absolute atomic E-state index is 0.137. The number of halogens is 3. The smallest absolute Gasteiger partial charge is 0.155 e. The lowest BCUT2D eigenvalue weighted by Crippen LogP contribution is -1.95. The summed E-state index contributed by atoms with van der Waals surface area (Å²) in [5, 5.41) is 3.88. The third kappa shape index (κ3) is 2.41. The van der Waals surface area contributed by atoms with Crippen LogP contribution in [-0.2, 0) is 0 Å². The largest absolute Gasteiger partial charge is 0.255 e. The minimum atomic E-state index is -0.805. The van der Waals surface area contributed by atoms with E-state index in [9.17, 15) is 8.78 Å². The zero-order valence-corrected chi connectivity index (χ0v) is 12.9. The van der Waals surface area contributed by atoms with Crippen LogP contribution in [0.2, 0.25) is 5.02 Å². The maximum Gasteiger partial charge on any atom is 0.155 e. The fraction of sp³-hybridized carbons (Fsp3) is 0. The Morgan fingerprint density at radius 2 is 1.83 bits per heavy atom. The summed E-state index contributed by atoms with van der Waals surface area (Å²) < 4.78 is 29.3. The molecule has 1 aromatic carbocycles. The first-order valence-corrected chi connectivity index (χ1v) is 7.41. The van der Waals surface area contributed by atoms with E-state index in [1.54, 1.807) is 29.0 Å². The average molecular weight is 343 g/mol. The second-order valence-electron chi connectivity index (χ2n) is 5.12. The molecule has 4 aromatic rings. The van der Waals surface area contributed by atoms with Crippen molar-refractivity contribution in [3.63, 3.8) is 0 Å². The van der Waals surface area contributed by atoms with E-state index in [4.69, 9.17) is 11.6 Å². The monoisotopic (exact) mass is 342 g/mol. The Bertz CT molecular complexity index is 1060. The molecule has 7 heteroatoms. The molecule has 4 rings (SSSR count). The van der Waals surface area contributed by atoms with Gasteiger partial charge in [0.2, 0.25) is 0 Å². The van der Waals surface area contributed by atoms with Crippen LogP contribution in [0.5, 0.6) is 0 Å². The molecule has 0 amide bonds. The van der Waals surface area contributed by atoms with Crippen LogP contribution in [0.4, 0.5) is 8.78 Å². The van der Waals surface area contributed by atoms with Crippen molar-refractivity contribution in [2.45, 2.75) is 0 Å². The molecule has 118 valence electrons. The summed E-state index contributed by atoms with van der Waals surface area (Å²) in [6, 6.07) is 9.20. The topological polar surface area (TPSA) is 43.1 Å². The molecule has 0 aliphatic heterocycles. The van der Waals surface area contributed by atoms with Crippen LogP contribution in [0.1, 0.15) is 0 Å². The second-order valence-corrected chi connectivity index (χ2v) is 5.53. The van der Waals surface area contributed by atoms with Gasteiger partial charge >= 0.3 is 0 Å². The van der Waals surface area contributed by atoms with Gasteiger partial charge in [-0.2, -0.15) is 5.10 Å². The number of fused-ring (bicyclic) bond motifs is 1. The maximum absolute atomic E-state index is 14.3. The summed E-state index contributed by atoms with van der Waals surface area (Å²) >= 11 is 5.81. The normalized spacial score (nSPS) is 11.1. The van der Waals surface area contributed by atoms with E-state index in [1.165, 1.54) is 12.4 Å². The van der Waals surface area contributed by atoms with Crippen LogP contribution >= 0.6 is 11.6 Å². The lowest BCUT2D eigenvalue weighted by atomic mass is 10.00. The van der Waals surface area contributed by atoms with Gasteiger partial charge in [0, 0.05) is 29.6 Å². The molecule has 0 spiro atoms. The van der Waals surface area contributed by atoms with Gasteiger partial charge in [-0.3, -0.25) is 4.98 Å². The average Bonchev–Trinajstić information content (AvgIpc) is 3.06. The quantitative estimate of drug-likeness (QED) is 0.507. The number of aromatic nitrogens is 4. The molecule has 0 aliphatic carbocycles. The Kier molecular flexibility index (Phi) is 3.46. The number of benzene rings is 1. The van der Waals surface area contributed by atoms with E-state index >= 15 is 0 Å². The van der Waals surface area contributed by atoms with Crippen LogP contribution in [0.25, 0.3) is 28.0 Å². The first-order valence-electron chi connectivity index (χ1n) is 7.03. The first kappa shape index (κ1) is 14.7. The van der Waals surface area contributed by atoms with E-state index in [0.717, 1.165) is 11.6 Å². The van der Waals surface area contributed by atoms with Crippen molar-refractivity contribution < 1.29 is 8.78 Å². The summed E-state index contributed by atoms with van der Waals surface area (Å²) in [4.78, 5) is 8.40. The highest BCUT2D eigenvalue weighted by atomic mass is 35.5. The Hall–Kier alpha value is -2.86. The minimum Gasteiger partial charge on any atom is -0.255 e. The molecule has 0 atom stereocenters. The molecule has 0 aliphatic rings. The van der Waals surface area contributed by atoms with Gasteiger partial charge in [-0.05, 0) is 29.8 Å². The Morgan fingerprint density at radius 3 is 2.71 bits per heavy atom. The molecule has 0 saturated heterocycles. The van der Waals surface area contributed by atoms with Crippen molar-refractivity contribution in [2.24, 2.45) is 0 Å². The SMILES string of the molecule is Fc1cc(F)c(-c2ncccc2-c2ccn3ncnc3c2)cc1Cl. The highest BCUT2D eigenvalue weighted by molar-refractivity contribution is 6.31. The van der Waals surface area contributed by atoms with E-state index in [2.05, 4.69) is 15.1 Å². The summed E-state index contributed by atoms with van der Waals surface area (Å²) in [6.07, 6.45) is 4.75. The van der Waals surface area contributed by atoms with Crippen molar-refractivity contribution >= 4 is 17.2 Å². The van der Waals surface area contributed by atoms with Crippen molar-refractivity contribution in [1.82, 2.24) is 19.6 Å². The molecule has 3 aromatic heterocycles. The summed E-state index contributed by atoms with van der Waals surface area (Å²) in [5.74, 6) is -1.53. The van der Waals surface area contributed by atoms with E-state index in [0.29, 0.717) is 16.9 Å². The lowest BCUT2D eigenvalue weighted by Gasteiger charge is -2.10. The zero-order chi connectivity index (χ0) is 16.7. The summed E-state index contributed by atoms with van der Waals surface area (Å²) in [5.41, 5.74) is 2.64. The number of rotatable bonds is 2. The predicted molar refractivity (Wildman–Crippen MR) is 86.6 cm³/mol. The molecule has 24 heavy (non-hydrogen) atoms. The molecule has 0 unspecified atom stereocenters. The summed E-state index contributed by atoms with van der Waals surface area (Å²) in [7, 11) is 0. The number of pyridine rings is 2. The fourth-order valence-corrected chi connectivity index (χ4v) is 2.70. The van der Waals surface area contributed by atoms with E-state index in [1.807, 2.05) is 12.1 Å². The highest BCUT2D eigenvalue weighted by Gasteiger charge is 2.16. The molecule has 3 heterocycles. The van der Waals surface area contributed by atoms with Crippen LogP contribution in [0.3, 0.4) is 0 Å². The van der Waals surface area contributed by atoms with Crippen LogP contribution in [0, 0.1) is 11.6 Å². The standard InChI is InChI=1S/C17H9ClF2N4/c18-13-7-12(14(19)8-15(13)20)17-11(2-1-4-21-17)10-3-5-24-16(6-10)22-9-23-24/h1-9H. The van der Waals surface area contributed by atoms with E-state index in [-0.39, 0.29) is 10.6 Å². The van der Waals surface area contributed by atoms with Gasteiger partial charge in [0.25, 0.3) is 0 Å². The van der Waals surface area contributed by atoms with Gasteiger partial charge in [0.1, 0.15) is 18.0 Å². The van der Waals surface area contributed by atoms with Crippen LogP contribution in [-0.4, -0.2) is 19.6 Å². The predicted octanol–water partition coefficient (Wildman–Crippen LogP) is 4.39. The van der Waals surface area contributed by atoms with Gasteiger partial charge in [0.15, 0.2) is 5.65 Å². The van der Waals surface area contributed by atoms with Crippen molar-refractivity contribution in [1.29, 1.82) is 0 Å². The fourth-order valence-electron chi connectivity index (χ4n) is 2.54. The molecule has 4 nitrogen and oxygen atoms in total. The number of hydrogen-bond acceptors (Lipinski definition) is 3. The van der Waals surface area contributed by atoms with Gasteiger partial charge in [-0.1, -0.05) is 17.7 Å². The van der Waals surface area contributed by atoms with Crippen molar-refractivity contribution in [3.8, 4) is 22.4 Å². The summed E-state index contributed by atoms with van der Waals surface area (Å²) in [6.45, 7) is 0. The Labute approximate surface area is 140 Å². The first-order chi connectivity index (χ1) is 11.6. The molecule has 0 bridgehead atoms. The zero-order valence-electron chi connectivity index (χ0n) is 12.1. The van der Waals surface area contributed by atoms with Gasteiger partial charge in [0.05, 0.1) is 10.7 Å². The van der Waals surface area contributed by atoms with Crippen LogP contribution in [0.15, 0.2) is 55.1 Å².